The number of nitrogens with one attached hydrogen (secondary N) is 2. The SMILES string of the molecule is CC(C)(C)OC(=O)NC(CCC(N)=O)C(=O)N(CCO)C(C(=O)NCc1ccccc1)c1ccc(O)cc1. The number of alkyl carbamates (subject to hydrolysis) is 1. The number of phenolic OH excluding ortho intramolecular Hbond substituents is 1. The first-order chi connectivity index (χ1) is 17.9. The molecule has 11 heteroatoms. The fourth-order valence-electron chi connectivity index (χ4n) is 3.68. The van der Waals surface area contributed by atoms with Gasteiger partial charge in [-0.3, -0.25) is 14.4 Å². The molecule has 4 amide bonds. The van der Waals surface area contributed by atoms with Gasteiger partial charge < -0.3 is 36.2 Å². The van der Waals surface area contributed by atoms with Crippen LogP contribution in [-0.4, -0.2) is 63.7 Å². The molecule has 2 aromatic rings. The molecule has 0 aliphatic heterocycles. The molecule has 206 valence electrons. The monoisotopic (exact) mass is 528 g/mol. The predicted octanol–water partition coefficient (Wildman–Crippen LogP) is 1.73. The largest absolute Gasteiger partial charge is 0.508 e. The van der Waals surface area contributed by atoms with Crippen LogP contribution in [0.25, 0.3) is 0 Å². The summed E-state index contributed by atoms with van der Waals surface area (Å²) in [6.07, 6.45) is -1.26. The summed E-state index contributed by atoms with van der Waals surface area (Å²) in [5.41, 5.74) is 5.62. The summed E-state index contributed by atoms with van der Waals surface area (Å²) in [4.78, 5) is 52.3. The molecule has 0 saturated carbocycles. The minimum atomic E-state index is -1.27. The van der Waals surface area contributed by atoms with E-state index in [1.165, 1.54) is 24.3 Å². The Hall–Kier alpha value is -4.12. The van der Waals surface area contributed by atoms with E-state index >= 15 is 0 Å². The van der Waals surface area contributed by atoms with Gasteiger partial charge in [0.2, 0.25) is 17.7 Å². The van der Waals surface area contributed by atoms with E-state index in [9.17, 15) is 29.4 Å². The Balaban J connectivity index is 2.41. The van der Waals surface area contributed by atoms with Crippen LogP contribution in [0.3, 0.4) is 0 Å². The Bertz CT molecular complexity index is 1080. The molecule has 6 N–H and O–H groups in total. The fourth-order valence-corrected chi connectivity index (χ4v) is 3.68. The van der Waals surface area contributed by atoms with Gasteiger partial charge in [0, 0.05) is 19.5 Å². The third-order valence-electron chi connectivity index (χ3n) is 5.37. The molecule has 0 radical (unpaired) electrons. The Kier molecular flexibility index (Phi) is 11.1. The highest BCUT2D eigenvalue weighted by atomic mass is 16.6. The van der Waals surface area contributed by atoms with E-state index in [0.29, 0.717) is 5.56 Å². The standard InChI is InChI=1S/C27H36N4O7/c1-27(2,3)38-26(37)30-21(13-14-22(28)34)25(36)31(15-16-32)23(19-9-11-20(33)12-10-19)24(35)29-17-18-7-5-4-6-8-18/h4-12,21,23,32-33H,13-17H2,1-3H3,(H2,28,34)(H,29,35)(H,30,37). The molecule has 0 bridgehead atoms. The highest BCUT2D eigenvalue weighted by molar-refractivity contribution is 5.92. The zero-order valence-electron chi connectivity index (χ0n) is 21.8. The summed E-state index contributed by atoms with van der Waals surface area (Å²) < 4.78 is 5.26. The zero-order valence-corrected chi connectivity index (χ0v) is 21.8. The third kappa shape index (κ3) is 9.74. The number of rotatable bonds is 12. The normalized spacial score (nSPS) is 12.6. The number of aliphatic hydroxyl groups excluding tert-OH is 1. The maximum Gasteiger partial charge on any atom is 0.408 e. The number of nitrogens with zero attached hydrogens (tertiary/aromatic N) is 1. The van der Waals surface area contributed by atoms with E-state index in [2.05, 4.69) is 10.6 Å². The molecule has 0 aliphatic rings. The number of aromatic hydroxyl groups is 1. The summed E-state index contributed by atoms with van der Waals surface area (Å²) >= 11 is 0. The minimum absolute atomic E-state index is 0.0387. The van der Waals surface area contributed by atoms with Crippen LogP contribution in [0.15, 0.2) is 54.6 Å². The number of amides is 4. The van der Waals surface area contributed by atoms with Crippen LogP contribution in [0.4, 0.5) is 4.79 Å². The topological polar surface area (TPSA) is 171 Å². The molecule has 0 saturated heterocycles. The molecular weight excluding hydrogens is 492 g/mol. The molecule has 0 aliphatic carbocycles. The molecule has 38 heavy (non-hydrogen) atoms. The van der Waals surface area contributed by atoms with E-state index in [4.69, 9.17) is 10.5 Å². The van der Waals surface area contributed by atoms with Gasteiger partial charge in [-0.2, -0.15) is 0 Å². The average molecular weight is 529 g/mol. The van der Waals surface area contributed by atoms with Crippen molar-refractivity contribution >= 4 is 23.8 Å². The van der Waals surface area contributed by atoms with E-state index < -0.39 is 48.1 Å². The van der Waals surface area contributed by atoms with Gasteiger partial charge in [-0.15, -0.1) is 0 Å². The number of benzene rings is 2. The van der Waals surface area contributed by atoms with Crippen molar-refractivity contribution < 1.29 is 34.1 Å². The van der Waals surface area contributed by atoms with Crippen molar-refractivity contribution in [2.24, 2.45) is 5.73 Å². The number of aliphatic hydroxyl groups is 1. The first kappa shape index (κ1) is 30.1. The van der Waals surface area contributed by atoms with Gasteiger partial charge in [-0.1, -0.05) is 42.5 Å². The quantitative estimate of drug-likeness (QED) is 0.279. The molecule has 2 aromatic carbocycles. The highest BCUT2D eigenvalue weighted by Gasteiger charge is 2.36. The smallest absolute Gasteiger partial charge is 0.408 e. The van der Waals surface area contributed by atoms with Gasteiger partial charge in [0.25, 0.3) is 0 Å². The van der Waals surface area contributed by atoms with Gasteiger partial charge in [0.1, 0.15) is 23.4 Å². The molecule has 11 nitrogen and oxygen atoms in total. The summed E-state index contributed by atoms with van der Waals surface area (Å²) in [6, 6.07) is 12.4. The summed E-state index contributed by atoms with van der Waals surface area (Å²) in [5.74, 6) is -1.99. The van der Waals surface area contributed by atoms with Crippen LogP contribution in [-0.2, 0) is 25.7 Å². The number of hydrogen-bond donors (Lipinski definition) is 5. The molecule has 2 unspecified atom stereocenters. The number of nitrogens with two attached hydrogens (primary N) is 1. The van der Waals surface area contributed by atoms with Crippen LogP contribution >= 0.6 is 0 Å². The third-order valence-corrected chi connectivity index (χ3v) is 5.37. The average Bonchev–Trinajstić information content (AvgIpc) is 2.85. The molecule has 2 atom stereocenters. The Labute approximate surface area is 222 Å². The van der Waals surface area contributed by atoms with E-state index in [1.807, 2.05) is 30.3 Å². The Morgan fingerprint density at radius 2 is 1.66 bits per heavy atom. The molecular formula is C27H36N4O7. The number of hydrogen-bond acceptors (Lipinski definition) is 7. The second kappa shape index (κ2) is 14.0. The number of ether oxygens (including phenoxy) is 1. The van der Waals surface area contributed by atoms with Gasteiger partial charge in [-0.25, -0.2) is 4.79 Å². The van der Waals surface area contributed by atoms with Crippen molar-refractivity contribution in [2.45, 2.75) is 57.8 Å². The molecule has 0 aromatic heterocycles. The van der Waals surface area contributed by atoms with E-state index in [0.717, 1.165) is 10.5 Å². The summed E-state index contributed by atoms with van der Waals surface area (Å²) in [5, 5.41) is 24.8. The lowest BCUT2D eigenvalue weighted by molar-refractivity contribution is -0.143. The predicted molar refractivity (Wildman–Crippen MR) is 140 cm³/mol. The summed E-state index contributed by atoms with van der Waals surface area (Å²) in [6.45, 7) is 4.40. The van der Waals surface area contributed by atoms with Crippen molar-refractivity contribution in [2.75, 3.05) is 13.2 Å². The van der Waals surface area contributed by atoms with Crippen molar-refractivity contribution in [3.63, 3.8) is 0 Å². The van der Waals surface area contributed by atoms with Gasteiger partial charge in [0.15, 0.2) is 0 Å². The first-order valence-electron chi connectivity index (χ1n) is 12.2. The lowest BCUT2D eigenvalue weighted by Crippen LogP contribution is -2.53. The summed E-state index contributed by atoms with van der Waals surface area (Å²) in [7, 11) is 0. The highest BCUT2D eigenvalue weighted by Crippen LogP contribution is 2.25. The van der Waals surface area contributed by atoms with Gasteiger partial charge >= 0.3 is 6.09 Å². The van der Waals surface area contributed by atoms with Gasteiger partial charge in [0.05, 0.1) is 6.61 Å². The first-order valence-corrected chi connectivity index (χ1v) is 12.2. The fraction of sp³-hybridized carbons (Fsp3) is 0.407. The van der Waals surface area contributed by atoms with Crippen LogP contribution in [0.1, 0.15) is 50.8 Å². The molecule has 0 heterocycles. The zero-order chi connectivity index (χ0) is 28.3. The van der Waals surface area contributed by atoms with Gasteiger partial charge in [-0.05, 0) is 50.5 Å². The molecule has 0 fully saturated rings. The van der Waals surface area contributed by atoms with Crippen LogP contribution in [0.5, 0.6) is 5.75 Å². The number of carbonyl (C=O) groups excluding carboxylic acids is 4. The second-order valence-electron chi connectivity index (χ2n) is 9.66. The van der Waals surface area contributed by atoms with Crippen molar-refractivity contribution in [3.8, 4) is 5.75 Å². The number of phenols is 1. The van der Waals surface area contributed by atoms with Crippen molar-refractivity contribution in [1.29, 1.82) is 0 Å². The van der Waals surface area contributed by atoms with Crippen molar-refractivity contribution in [1.82, 2.24) is 15.5 Å². The van der Waals surface area contributed by atoms with E-state index in [-0.39, 0.29) is 31.7 Å². The Morgan fingerprint density at radius 3 is 2.21 bits per heavy atom. The lowest BCUT2D eigenvalue weighted by atomic mass is 10.0. The molecule has 0 spiro atoms. The number of primary amides is 1. The maximum atomic E-state index is 13.8. The van der Waals surface area contributed by atoms with Crippen LogP contribution in [0, 0.1) is 0 Å². The maximum absolute atomic E-state index is 13.8. The van der Waals surface area contributed by atoms with Crippen LogP contribution < -0.4 is 16.4 Å². The second-order valence-corrected chi connectivity index (χ2v) is 9.66. The lowest BCUT2D eigenvalue weighted by Gasteiger charge is -2.34. The number of carbonyl (C=O) groups is 4. The Morgan fingerprint density at radius 1 is 1.03 bits per heavy atom. The van der Waals surface area contributed by atoms with E-state index in [1.54, 1.807) is 20.8 Å². The molecule has 2 rings (SSSR count). The van der Waals surface area contributed by atoms with Crippen molar-refractivity contribution in [3.05, 3.63) is 65.7 Å². The minimum Gasteiger partial charge on any atom is -0.508 e. The van der Waals surface area contributed by atoms with Crippen LogP contribution in [0.2, 0.25) is 0 Å².